The summed E-state index contributed by atoms with van der Waals surface area (Å²) >= 11 is 6.28. The highest BCUT2D eigenvalue weighted by atomic mass is 35.5. The summed E-state index contributed by atoms with van der Waals surface area (Å²) in [5.74, 6) is -1.38. The van der Waals surface area contributed by atoms with Crippen molar-refractivity contribution in [2.45, 2.75) is 48.1 Å². The molecule has 8 nitrogen and oxygen atoms in total. The summed E-state index contributed by atoms with van der Waals surface area (Å²) in [6, 6.07) is 0. The zero-order valence-corrected chi connectivity index (χ0v) is 18.3. The first-order valence-electron chi connectivity index (χ1n) is 9.37. The number of ketones is 1. The van der Waals surface area contributed by atoms with Crippen LogP contribution in [0.15, 0.2) is 0 Å². The van der Waals surface area contributed by atoms with Crippen molar-refractivity contribution in [3.63, 3.8) is 0 Å². The van der Waals surface area contributed by atoms with Crippen molar-refractivity contribution in [2.75, 3.05) is 13.2 Å². The molecule has 0 saturated heterocycles. The third-order valence-electron chi connectivity index (χ3n) is 4.34. The molecule has 0 aromatic carbocycles. The van der Waals surface area contributed by atoms with Crippen molar-refractivity contribution in [2.24, 2.45) is 5.92 Å². The molecule has 29 heavy (non-hydrogen) atoms. The van der Waals surface area contributed by atoms with E-state index in [2.05, 4.69) is 10.1 Å². The van der Waals surface area contributed by atoms with Crippen LogP contribution in [-0.4, -0.2) is 45.7 Å². The summed E-state index contributed by atoms with van der Waals surface area (Å²) in [6.07, 6.45) is 0. The Kier molecular flexibility index (Phi) is 7.24. The number of aromatic nitrogens is 3. The van der Waals surface area contributed by atoms with Gasteiger partial charge in [0.05, 0.1) is 12.3 Å². The zero-order valence-electron chi connectivity index (χ0n) is 17.5. The quantitative estimate of drug-likeness (QED) is 0.513. The fraction of sp³-hybridized carbons (Fsp3) is 0.500. The van der Waals surface area contributed by atoms with Crippen LogP contribution in [0.2, 0.25) is 5.15 Å². The fourth-order valence-corrected chi connectivity index (χ4v) is 3.42. The summed E-state index contributed by atoms with van der Waals surface area (Å²) in [7, 11) is 0. The molecule has 0 radical (unpaired) electrons. The predicted molar refractivity (Wildman–Crippen MR) is 108 cm³/mol. The molecule has 0 spiro atoms. The average Bonchev–Trinajstić information content (AvgIpc) is 3.07. The molecule has 2 aromatic heterocycles. The smallest absolute Gasteiger partial charge is 0.355 e. The number of rotatable bonds is 8. The predicted octanol–water partition coefficient (Wildman–Crippen LogP) is 3.66. The summed E-state index contributed by atoms with van der Waals surface area (Å²) in [5, 5.41) is 4.45. The number of carbonyl (C=O) groups is 3. The van der Waals surface area contributed by atoms with E-state index in [1.54, 1.807) is 32.4 Å². The SMILES string of the molecule is CCOC(=O)c1[nH]c(C)c(C(=O)COC(=O)c2c(C)nn(CC(C)C)c2Cl)c1C. The van der Waals surface area contributed by atoms with Gasteiger partial charge in [-0.25, -0.2) is 9.59 Å². The Hall–Kier alpha value is -2.61. The van der Waals surface area contributed by atoms with E-state index in [1.807, 2.05) is 13.8 Å². The maximum absolute atomic E-state index is 12.6. The Labute approximate surface area is 174 Å². The molecule has 0 saturated carbocycles. The Balaban J connectivity index is 2.15. The molecule has 0 fully saturated rings. The van der Waals surface area contributed by atoms with Gasteiger partial charge in [-0.1, -0.05) is 25.4 Å². The third kappa shape index (κ3) is 4.87. The van der Waals surface area contributed by atoms with E-state index in [0.29, 0.717) is 35.0 Å². The first-order valence-corrected chi connectivity index (χ1v) is 9.75. The van der Waals surface area contributed by atoms with Crippen LogP contribution in [0.4, 0.5) is 0 Å². The molecule has 2 rings (SSSR count). The summed E-state index contributed by atoms with van der Waals surface area (Å²) in [4.78, 5) is 40.0. The summed E-state index contributed by atoms with van der Waals surface area (Å²) in [6.45, 7) is 11.0. The van der Waals surface area contributed by atoms with Crippen molar-refractivity contribution in [3.8, 4) is 0 Å². The van der Waals surface area contributed by atoms with Crippen LogP contribution in [-0.2, 0) is 16.0 Å². The van der Waals surface area contributed by atoms with Crippen LogP contribution in [0.3, 0.4) is 0 Å². The number of halogens is 1. The standard InChI is InChI=1S/C20H26ClN3O5/c1-7-28-20(27)17-11(4)15(12(5)22-17)14(25)9-29-19(26)16-13(6)23-24(18(16)21)8-10(2)3/h10,22H,7-9H2,1-6H3. The molecule has 0 atom stereocenters. The van der Waals surface area contributed by atoms with Crippen molar-refractivity contribution in [3.05, 3.63) is 38.9 Å². The number of carbonyl (C=O) groups excluding carboxylic acids is 3. The molecule has 0 aliphatic rings. The number of nitrogens with one attached hydrogen (secondary N) is 1. The number of nitrogens with zero attached hydrogens (tertiary/aromatic N) is 2. The number of Topliss-reactive ketones (excluding diaryl/α,β-unsaturated/α-hetero) is 1. The van der Waals surface area contributed by atoms with Gasteiger partial charge >= 0.3 is 11.9 Å². The Morgan fingerprint density at radius 1 is 1.10 bits per heavy atom. The molecular formula is C20H26ClN3O5. The van der Waals surface area contributed by atoms with Crippen molar-refractivity contribution < 1.29 is 23.9 Å². The van der Waals surface area contributed by atoms with E-state index in [0.717, 1.165) is 0 Å². The van der Waals surface area contributed by atoms with E-state index >= 15 is 0 Å². The van der Waals surface area contributed by atoms with E-state index in [9.17, 15) is 14.4 Å². The lowest BCUT2D eigenvalue weighted by Crippen LogP contribution is -2.16. The van der Waals surface area contributed by atoms with Crippen molar-refractivity contribution in [1.29, 1.82) is 0 Å². The normalized spacial score (nSPS) is 11.0. The molecule has 2 heterocycles. The average molecular weight is 424 g/mol. The molecule has 0 aliphatic heterocycles. The molecule has 9 heteroatoms. The Morgan fingerprint density at radius 3 is 2.34 bits per heavy atom. The lowest BCUT2D eigenvalue weighted by molar-refractivity contribution is 0.0472. The topological polar surface area (TPSA) is 103 Å². The minimum Gasteiger partial charge on any atom is -0.461 e. The van der Waals surface area contributed by atoms with Crippen molar-refractivity contribution >= 4 is 29.3 Å². The van der Waals surface area contributed by atoms with E-state index in [1.165, 1.54) is 0 Å². The first kappa shape index (κ1) is 22.7. The highest BCUT2D eigenvalue weighted by Gasteiger charge is 2.26. The summed E-state index contributed by atoms with van der Waals surface area (Å²) in [5.41, 5.74) is 2.07. The fourth-order valence-electron chi connectivity index (χ4n) is 3.10. The number of aromatic amines is 1. The third-order valence-corrected chi connectivity index (χ3v) is 4.72. The first-order chi connectivity index (χ1) is 13.6. The second-order valence-electron chi connectivity index (χ2n) is 7.17. The maximum Gasteiger partial charge on any atom is 0.355 e. The van der Waals surface area contributed by atoms with E-state index in [4.69, 9.17) is 21.1 Å². The number of hydrogen-bond donors (Lipinski definition) is 1. The van der Waals surface area contributed by atoms with Crippen LogP contribution < -0.4 is 0 Å². The molecule has 0 aliphatic carbocycles. The van der Waals surface area contributed by atoms with Gasteiger partial charge in [0, 0.05) is 17.8 Å². The summed E-state index contributed by atoms with van der Waals surface area (Å²) < 4.78 is 11.7. The van der Waals surface area contributed by atoms with Crippen LogP contribution >= 0.6 is 11.6 Å². The maximum atomic E-state index is 12.6. The van der Waals surface area contributed by atoms with Crippen LogP contribution in [0.1, 0.15) is 68.9 Å². The van der Waals surface area contributed by atoms with Gasteiger partial charge in [-0.15, -0.1) is 0 Å². The zero-order chi connectivity index (χ0) is 21.9. The largest absolute Gasteiger partial charge is 0.461 e. The molecule has 158 valence electrons. The van der Waals surface area contributed by atoms with Gasteiger partial charge in [-0.05, 0) is 39.2 Å². The molecule has 0 amide bonds. The molecule has 0 unspecified atom stereocenters. The highest BCUT2D eigenvalue weighted by Crippen LogP contribution is 2.23. The second-order valence-corrected chi connectivity index (χ2v) is 7.53. The number of H-pyrrole nitrogens is 1. The van der Waals surface area contributed by atoms with Gasteiger partial charge in [0.1, 0.15) is 16.4 Å². The molecule has 0 bridgehead atoms. The number of aryl methyl sites for hydroxylation is 2. The Bertz CT molecular complexity index is 943. The Morgan fingerprint density at radius 2 is 1.76 bits per heavy atom. The van der Waals surface area contributed by atoms with Crippen molar-refractivity contribution in [1.82, 2.24) is 14.8 Å². The number of hydrogen-bond acceptors (Lipinski definition) is 6. The molecular weight excluding hydrogens is 398 g/mol. The van der Waals surface area contributed by atoms with Gasteiger partial charge in [0.15, 0.2) is 6.61 Å². The van der Waals surface area contributed by atoms with E-state index in [-0.39, 0.29) is 23.0 Å². The van der Waals surface area contributed by atoms with Gasteiger partial charge in [0.25, 0.3) is 0 Å². The lowest BCUT2D eigenvalue weighted by Gasteiger charge is -2.07. The van der Waals surface area contributed by atoms with Gasteiger partial charge < -0.3 is 14.5 Å². The lowest BCUT2D eigenvalue weighted by atomic mass is 10.1. The minimum absolute atomic E-state index is 0.148. The highest BCUT2D eigenvalue weighted by molar-refractivity contribution is 6.32. The van der Waals surface area contributed by atoms with Crippen LogP contribution in [0.25, 0.3) is 0 Å². The van der Waals surface area contributed by atoms with Gasteiger partial charge in [0.2, 0.25) is 5.78 Å². The number of esters is 2. The second kappa shape index (κ2) is 9.26. The van der Waals surface area contributed by atoms with Gasteiger partial charge in [-0.2, -0.15) is 5.10 Å². The number of ether oxygens (including phenoxy) is 2. The van der Waals surface area contributed by atoms with Crippen LogP contribution in [0.5, 0.6) is 0 Å². The van der Waals surface area contributed by atoms with Gasteiger partial charge in [-0.3, -0.25) is 9.48 Å². The van der Waals surface area contributed by atoms with E-state index < -0.39 is 24.3 Å². The van der Waals surface area contributed by atoms with Crippen LogP contribution in [0, 0.1) is 26.7 Å². The minimum atomic E-state index is -0.715. The molecule has 2 aromatic rings. The molecule has 1 N–H and O–H groups in total. The monoisotopic (exact) mass is 423 g/mol.